The van der Waals surface area contributed by atoms with Gasteiger partial charge >= 0.3 is 6.18 Å². The van der Waals surface area contributed by atoms with E-state index in [-0.39, 0.29) is 6.54 Å². The van der Waals surface area contributed by atoms with Crippen LogP contribution in [0.4, 0.5) is 13.2 Å². The first kappa shape index (κ1) is 16.6. The van der Waals surface area contributed by atoms with Crippen LogP contribution in [0.25, 0.3) is 11.5 Å². The third kappa shape index (κ3) is 4.60. The van der Waals surface area contributed by atoms with E-state index in [0.717, 1.165) is 0 Å². The van der Waals surface area contributed by atoms with E-state index in [9.17, 15) is 21.6 Å². The molecular weight excluding hydrogens is 323 g/mol. The Morgan fingerprint density at radius 2 is 2.05 bits per heavy atom. The van der Waals surface area contributed by atoms with Crippen molar-refractivity contribution in [1.29, 1.82) is 0 Å². The first-order chi connectivity index (χ1) is 10.2. The molecule has 0 aromatic carbocycles. The van der Waals surface area contributed by atoms with E-state index < -0.39 is 28.4 Å². The number of furan rings is 1. The number of alkyl halides is 3. The summed E-state index contributed by atoms with van der Waals surface area (Å²) in [6.45, 7) is -0.210. The Balaban J connectivity index is 1.95. The van der Waals surface area contributed by atoms with Gasteiger partial charge in [0.15, 0.2) is 5.76 Å². The molecule has 122 valence electrons. The smallest absolute Gasteiger partial charge is 0.390 e. The van der Waals surface area contributed by atoms with Crippen molar-refractivity contribution in [2.45, 2.75) is 19.1 Å². The molecule has 0 aliphatic carbocycles. The number of hydrogen-bond donors (Lipinski definition) is 1. The molecule has 2 rings (SSSR count). The fraction of sp³-hybridized carbons (Fsp3) is 0.417. The fourth-order valence-electron chi connectivity index (χ4n) is 1.73. The summed E-state index contributed by atoms with van der Waals surface area (Å²) in [5.74, 6) is -0.220. The van der Waals surface area contributed by atoms with E-state index in [1.807, 2.05) is 0 Å². The predicted molar refractivity (Wildman–Crippen MR) is 72.2 cm³/mol. The highest BCUT2D eigenvalue weighted by Crippen LogP contribution is 2.22. The summed E-state index contributed by atoms with van der Waals surface area (Å²) in [6.07, 6.45) is -4.32. The number of nitrogens with zero attached hydrogens (tertiary/aromatic N) is 2. The van der Waals surface area contributed by atoms with E-state index in [0.29, 0.717) is 17.2 Å². The van der Waals surface area contributed by atoms with Crippen LogP contribution in [0.3, 0.4) is 0 Å². The molecule has 0 amide bonds. The Morgan fingerprint density at radius 1 is 1.32 bits per heavy atom. The first-order valence-electron chi connectivity index (χ1n) is 6.27. The van der Waals surface area contributed by atoms with E-state index in [2.05, 4.69) is 9.82 Å². The predicted octanol–water partition coefficient (Wildman–Crippen LogP) is 2.05. The number of sulfonamides is 1. The van der Waals surface area contributed by atoms with Crippen LogP contribution in [0.15, 0.2) is 28.8 Å². The first-order valence-corrected chi connectivity index (χ1v) is 7.93. The Hall–Kier alpha value is -1.81. The second-order valence-corrected chi connectivity index (χ2v) is 6.54. The van der Waals surface area contributed by atoms with Gasteiger partial charge in [-0.1, -0.05) is 0 Å². The minimum absolute atomic E-state index is 0.210. The third-order valence-corrected chi connectivity index (χ3v) is 4.18. The lowest BCUT2D eigenvalue weighted by molar-refractivity contribution is -0.129. The molecule has 0 aliphatic rings. The van der Waals surface area contributed by atoms with Crippen LogP contribution >= 0.6 is 0 Å². The minimum atomic E-state index is -4.51. The van der Waals surface area contributed by atoms with Crippen LogP contribution in [0.1, 0.15) is 12.2 Å². The summed E-state index contributed by atoms with van der Waals surface area (Å²) in [5, 5.41) is 3.97. The second kappa shape index (κ2) is 6.13. The Morgan fingerprint density at radius 3 is 2.64 bits per heavy atom. The lowest BCUT2D eigenvalue weighted by Crippen LogP contribution is -2.28. The third-order valence-electron chi connectivity index (χ3n) is 2.86. The zero-order valence-corrected chi connectivity index (χ0v) is 12.4. The van der Waals surface area contributed by atoms with Crippen molar-refractivity contribution in [3.8, 4) is 11.5 Å². The van der Waals surface area contributed by atoms with Crippen molar-refractivity contribution in [1.82, 2.24) is 14.5 Å². The molecule has 2 aromatic heterocycles. The molecule has 0 unspecified atom stereocenters. The molecule has 22 heavy (non-hydrogen) atoms. The molecule has 0 atom stereocenters. The molecular formula is C12H14F3N3O3S. The highest BCUT2D eigenvalue weighted by Gasteiger charge is 2.29. The van der Waals surface area contributed by atoms with Gasteiger partial charge in [-0.2, -0.15) is 18.3 Å². The Kier molecular flexibility index (Phi) is 4.61. The number of aryl methyl sites for hydroxylation is 1. The van der Waals surface area contributed by atoms with Crippen LogP contribution in [-0.2, 0) is 23.6 Å². The van der Waals surface area contributed by atoms with Gasteiger partial charge in [-0.25, -0.2) is 13.1 Å². The van der Waals surface area contributed by atoms with Gasteiger partial charge in [0, 0.05) is 13.2 Å². The second-order valence-electron chi connectivity index (χ2n) is 4.61. The molecule has 0 saturated heterocycles. The molecule has 0 radical (unpaired) electrons. The summed E-state index contributed by atoms with van der Waals surface area (Å²) in [6, 6.07) is 4.90. The quantitative estimate of drug-likeness (QED) is 0.875. The van der Waals surface area contributed by atoms with E-state index >= 15 is 0 Å². The van der Waals surface area contributed by atoms with E-state index in [1.54, 1.807) is 36.1 Å². The SMILES string of the molecule is Cn1nccc1-c1ccc(CNS(=O)(=O)CCC(F)(F)F)o1. The minimum Gasteiger partial charge on any atom is -0.458 e. The molecule has 0 aliphatic heterocycles. The zero-order valence-electron chi connectivity index (χ0n) is 11.6. The van der Waals surface area contributed by atoms with Crippen molar-refractivity contribution in [2.24, 2.45) is 7.05 Å². The lowest BCUT2D eigenvalue weighted by Gasteiger charge is -2.07. The zero-order chi connectivity index (χ0) is 16.4. The highest BCUT2D eigenvalue weighted by molar-refractivity contribution is 7.89. The monoisotopic (exact) mass is 337 g/mol. The van der Waals surface area contributed by atoms with Crippen molar-refractivity contribution < 1.29 is 26.0 Å². The topological polar surface area (TPSA) is 77.1 Å². The van der Waals surface area contributed by atoms with Crippen LogP contribution in [0, 0.1) is 0 Å². The van der Waals surface area contributed by atoms with Gasteiger partial charge < -0.3 is 4.42 Å². The molecule has 1 N–H and O–H groups in total. The molecule has 6 nitrogen and oxygen atoms in total. The molecule has 0 spiro atoms. The maximum atomic E-state index is 12.0. The van der Waals surface area contributed by atoms with Gasteiger partial charge in [-0.15, -0.1) is 0 Å². The van der Waals surface area contributed by atoms with Gasteiger partial charge in [0.1, 0.15) is 11.5 Å². The van der Waals surface area contributed by atoms with Crippen LogP contribution in [0.2, 0.25) is 0 Å². The molecule has 0 saturated carbocycles. The summed E-state index contributed by atoms with van der Waals surface area (Å²) in [5.41, 5.74) is 0.700. The normalized spacial score (nSPS) is 12.7. The Labute approximate surface area is 125 Å². The fourth-order valence-corrected chi connectivity index (χ4v) is 2.74. The number of hydrogen-bond acceptors (Lipinski definition) is 4. The lowest BCUT2D eigenvalue weighted by atomic mass is 10.3. The molecule has 0 fully saturated rings. The van der Waals surface area contributed by atoms with Crippen LogP contribution < -0.4 is 4.72 Å². The summed E-state index contributed by atoms with van der Waals surface area (Å²) >= 11 is 0. The molecule has 2 aromatic rings. The number of nitrogens with one attached hydrogen (secondary N) is 1. The average Bonchev–Trinajstić information content (AvgIpc) is 3.02. The van der Waals surface area contributed by atoms with E-state index in [1.165, 1.54) is 0 Å². The number of rotatable bonds is 6. The maximum absolute atomic E-state index is 12.0. The van der Waals surface area contributed by atoms with Crippen molar-refractivity contribution in [2.75, 3.05) is 5.75 Å². The summed E-state index contributed by atoms with van der Waals surface area (Å²) in [4.78, 5) is 0. The molecule has 10 heteroatoms. The van der Waals surface area contributed by atoms with Gasteiger partial charge in [0.25, 0.3) is 0 Å². The van der Waals surface area contributed by atoms with Crippen LogP contribution in [-0.4, -0.2) is 30.1 Å². The number of aromatic nitrogens is 2. The van der Waals surface area contributed by atoms with Gasteiger partial charge in [0.05, 0.1) is 18.7 Å². The highest BCUT2D eigenvalue weighted by atomic mass is 32.2. The summed E-state index contributed by atoms with van der Waals surface area (Å²) in [7, 11) is -2.29. The Bertz CT molecular complexity index is 734. The van der Waals surface area contributed by atoms with Crippen molar-refractivity contribution >= 4 is 10.0 Å². The summed E-state index contributed by atoms with van der Waals surface area (Å²) < 4.78 is 68.1. The molecule has 0 bridgehead atoms. The molecule has 2 heterocycles. The van der Waals surface area contributed by atoms with E-state index in [4.69, 9.17) is 4.42 Å². The largest absolute Gasteiger partial charge is 0.458 e. The average molecular weight is 337 g/mol. The van der Waals surface area contributed by atoms with Crippen molar-refractivity contribution in [3.63, 3.8) is 0 Å². The van der Waals surface area contributed by atoms with Crippen molar-refractivity contribution in [3.05, 3.63) is 30.2 Å². The maximum Gasteiger partial charge on any atom is 0.390 e. The van der Waals surface area contributed by atoms with Gasteiger partial charge in [0.2, 0.25) is 10.0 Å². The number of halogens is 3. The van der Waals surface area contributed by atoms with Gasteiger partial charge in [-0.3, -0.25) is 4.68 Å². The van der Waals surface area contributed by atoms with Gasteiger partial charge in [-0.05, 0) is 18.2 Å². The van der Waals surface area contributed by atoms with Crippen LogP contribution in [0.5, 0.6) is 0 Å². The standard InChI is InChI=1S/C12H14F3N3O3S/c1-18-10(4-6-16-18)11-3-2-9(21-11)8-17-22(19,20)7-5-12(13,14)15/h2-4,6,17H,5,7-8H2,1H3.